The molecular weight excluding hydrogens is 296 g/mol. The summed E-state index contributed by atoms with van der Waals surface area (Å²) in [6.45, 7) is 0.541. The van der Waals surface area contributed by atoms with Gasteiger partial charge in [-0.15, -0.1) is 0 Å². The van der Waals surface area contributed by atoms with Crippen LogP contribution in [0.15, 0.2) is 65.6 Å². The van der Waals surface area contributed by atoms with Gasteiger partial charge in [-0.3, -0.25) is 0 Å². The molecule has 22 heavy (non-hydrogen) atoms. The fourth-order valence-corrected chi connectivity index (χ4v) is 3.62. The molecule has 1 fully saturated rings. The lowest BCUT2D eigenvalue weighted by molar-refractivity contribution is -0.0425. The Kier molecular flexibility index (Phi) is 5.51. The Hall–Kier alpha value is -1.33. The van der Waals surface area contributed by atoms with Gasteiger partial charge in [0.15, 0.2) is 0 Å². The second kappa shape index (κ2) is 7.79. The zero-order valence-electron chi connectivity index (χ0n) is 12.3. The van der Waals surface area contributed by atoms with Crippen molar-refractivity contribution in [3.63, 3.8) is 0 Å². The van der Waals surface area contributed by atoms with E-state index in [-0.39, 0.29) is 24.3 Å². The molecule has 3 nitrogen and oxygen atoms in total. The quantitative estimate of drug-likeness (QED) is 0.885. The third-order valence-corrected chi connectivity index (χ3v) is 4.77. The summed E-state index contributed by atoms with van der Waals surface area (Å²) in [4.78, 5) is 1.17. The Labute approximate surface area is 135 Å². The van der Waals surface area contributed by atoms with E-state index >= 15 is 0 Å². The summed E-state index contributed by atoms with van der Waals surface area (Å²) in [5.74, 6) is 0. The van der Waals surface area contributed by atoms with E-state index in [0.29, 0.717) is 6.61 Å². The molecule has 3 rings (SSSR count). The van der Waals surface area contributed by atoms with Gasteiger partial charge in [0.1, 0.15) is 11.5 Å². The fourth-order valence-electron chi connectivity index (χ4n) is 2.52. The van der Waals surface area contributed by atoms with Crippen LogP contribution < -0.4 is 0 Å². The third kappa shape index (κ3) is 4.11. The highest BCUT2D eigenvalue weighted by Crippen LogP contribution is 2.35. The van der Waals surface area contributed by atoms with Crippen LogP contribution in [0.3, 0.4) is 0 Å². The van der Waals surface area contributed by atoms with Gasteiger partial charge in [-0.05, 0) is 17.7 Å². The molecule has 1 N–H and O–H groups in total. The van der Waals surface area contributed by atoms with Gasteiger partial charge >= 0.3 is 0 Å². The van der Waals surface area contributed by atoms with Crippen molar-refractivity contribution in [2.24, 2.45) is 0 Å². The number of thioether (sulfide) groups is 1. The van der Waals surface area contributed by atoms with E-state index in [2.05, 4.69) is 12.1 Å². The number of aliphatic hydroxyl groups is 1. The smallest absolute Gasteiger partial charge is 0.110 e. The maximum absolute atomic E-state index is 9.50. The van der Waals surface area contributed by atoms with Crippen LogP contribution in [0, 0.1) is 0 Å². The minimum Gasteiger partial charge on any atom is -0.394 e. The van der Waals surface area contributed by atoms with E-state index in [9.17, 15) is 5.11 Å². The van der Waals surface area contributed by atoms with Crippen LogP contribution in [0.25, 0.3) is 0 Å². The number of hydrogen-bond acceptors (Lipinski definition) is 4. The Morgan fingerprint density at radius 2 is 1.73 bits per heavy atom. The average molecular weight is 316 g/mol. The van der Waals surface area contributed by atoms with Crippen molar-refractivity contribution >= 4 is 11.8 Å². The average Bonchev–Trinajstić information content (AvgIpc) is 2.97. The molecule has 1 saturated heterocycles. The summed E-state index contributed by atoms with van der Waals surface area (Å²) < 4.78 is 11.9. The fraction of sp³-hybridized carbons (Fsp3) is 0.333. The highest BCUT2D eigenvalue weighted by atomic mass is 32.2. The van der Waals surface area contributed by atoms with E-state index in [1.54, 1.807) is 11.8 Å². The van der Waals surface area contributed by atoms with Crippen molar-refractivity contribution in [3.05, 3.63) is 66.2 Å². The van der Waals surface area contributed by atoms with Gasteiger partial charge in [-0.1, -0.05) is 60.3 Å². The molecule has 1 unspecified atom stereocenters. The number of aliphatic hydroxyl groups excluding tert-OH is 1. The van der Waals surface area contributed by atoms with Crippen molar-refractivity contribution in [2.45, 2.75) is 35.6 Å². The first kappa shape index (κ1) is 15.6. The first-order valence-corrected chi connectivity index (χ1v) is 8.36. The summed E-state index contributed by atoms with van der Waals surface area (Å²) >= 11 is 1.68. The van der Waals surface area contributed by atoms with E-state index in [1.807, 2.05) is 48.5 Å². The molecule has 2 aromatic rings. The molecule has 1 heterocycles. The Balaban J connectivity index is 1.55. The molecule has 0 saturated carbocycles. The molecule has 0 radical (unpaired) electrons. The molecule has 4 heteroatoms. The molecule has 0 spiro atoms. The Morgan fingerprint density at radius 3 is 2.41 bits per heavy atom. The Bertz CT molecular complexity index is 561. The molecular formula is C18H20O3S. The summed E-state index contributed by atoms with van der Waals surface area (Å²) in [6, 6.07) is 20.3. The van der Waals surface area contributed by atoms with Crippen LogP contribution in [0.4, 0.5) is 0 Å². The van der Waals surface area contributed by atoms with Crippen molar-refractivity contribution in [3.8, 4) is 0 Å². The predicted molar refractivity (Wildman–Crippen MR) is 87.7 cm³/mol. The van der Waals surface area contributed by atoms with Crippen LogP contribution in [-0.2, 0) is 16.1 Å². The van der Waals surface area contributed by atoms with E-state index < -0.39 is 0 Å². The molecule has 0 amide bonds. The van der Waals surface area contributed by atoms with Crippen LogP contribution in [0.2, 0.25) is 0 Å². The van der Waals surface area contributed by atoms with Gasteiger partial charge in [0, 0.05) is 11.3 Å². The molecule has 0 aromatic heterocycles. The minimum atomic E-state index is -0.245. The number of benzene rings is 2. The first-order valence-electron chi connectivity index (χ1n) is 7.48. The molecule has 0 aliphatic carbocycles. The highest BCUT2D eigenvalue weighted by molar-refractivity contribution is 7.99. The Morgan fingerprint density at radius 1 is 1.05 bits per heavy atom. The van der Waals surface area contributed by atoms with E-state index in [0.717, 1.165) is 12.0 Å². The molecule has 1 aliphatic heterocycles. The van der Waals surface area contributed by atoms with Gasteiger partial charge in [0.25, 0.3) is 0 Å². The second-order valence-electron chi connectivity index (χ2n) is 5.29. The summed E-state index contributed by atoms with van der Waals surface area (Å²) in [5, 5.41) is 9.50. The van der Waals surface area contributed by atoms with Gasteiger partial charge in [0.2, 0.25) is 0 Å². The topological polar surface area (TPSA) is 38.7 Å². The highest BCUT2D eigenvalue weighted by Gasteiger charge is 2.36. The lowest BCUT2D eigenvalue weighted by Crippen LogP contribution is -2.27. The lowest BCUT2D eigenvalue weighted by atomic mass is 10.2. The lowest BCUT2D eigenvalue weighted by Gasteiger charge is -2.16. The van der Waals surface area contributed by atoms with Gasteiger partial charge in [0.05, 0.1) is 19.3 Å². The standard InChI is InChI=1S/C18H20O3S/c19-12-17-16(20-13-14-7-3-1-4-8-14)11-18(21-17)22-15-9-5-2-6-10-15/h1-10,16-19H,11-13H2/t16-,17+,18?/m0/s1. The van der Waals surface area contributed by atoms with Crippen molar-refractivity contribution in [2.75, 3.05) is 6.61 Å². The summed E-state index contributed by atoms with van der Waals surface area (Å²) in [7, 11) is 0. The van der Waals surface area contributed by atoms with Crippen molar-refractivity contribution in [1.29, 1.82) is 0 Å². The molecule has 0 bridgehead atoms. The summed E-state index contributed by atoms with van der Waals surface area (Å²) in [6.07, 6.45) is 0.480. The molecule has 1 aliphatic rings. The second-order valence-corrected chi connectivity index (χ2v) is 6.52. The largest absolute Gasteiger partial charge is 0.394 e. The molecule has 3 atom stereocenters. The number of ether oxygens (including phenoxy) is 2. The number of rotatable bonds is 6. The zero-order chi connectivity index (χ0) is 15.2. The maximum Gasteiger partial charge on any atom is 0.110 e. The normalized spacial score (nSPS) is 24.5. The van der Waals surface area contributed by atoms with E-state index in [4.69, 9.17) is 9.47 Å². The third-order valence-electron chi connectivity index (χ3n) is 3.66. The summed E-state index contributed by atoms with van der Waals surface area (Å²) in [5.41, 5.74) is 1.17. The van der Waals surface area contributed by atoms with Crippen LogP contribution in [-0.4, -0.2) is 29.4 Å². The van der Waals surface area contributed by atoms with Crippen LogP contribution >= 0.6 is 11.8 Å². The maximum atomic E-state index is 9.50. The van der Waals surface area contributed by atoms with E-state index in [1.165, 1.54) is 4.90 Å². The van der Waals surface area contributed by atoms with Crippen molar-refractivity contribution < 1.29 is 14.6 Å². The van der Waals surface area contributed by atoms with Gasteiger partial charge in [-0.2, -0.15) is 0 Å². The minimum absolute atomic E-state index is 0.00862. The predicted octanol–water partition coefficient (Wildman–Crippen LogP) is 3.47. The van der Waals surface area contributed by atoms with Crippen LogP contribution in [0.1, 0.15) is 12.0 Å². The van der Waals surface area contributed by atoms with Crippen LogP contribution in [0.5, 0.6) is 0 Å². The first-order chi connectivity index (χ1) is 10.8. The van der Waals surface area contributed by atoms with Gasteiger partial charge < -0.3 is 14.6 Å². The molecule has 2 aromatic carbocycles. The monoisotopic (exact) mass is 316 g/mol. The SMILES string of the molecule is OC[C@H]1OC(Sc2ccccc2)C[C@@H]1OCc1ccccc1. The van der Waals surface area contributed by atoms with Gasteiger partial charge in [-0.25, -0.2) is 0 Å². The number of hydrogen-bond donors (Lipinski definition) is 1. The zero-order valence-corrected chi connectivity index (χ0v) is 13.1. The molecule has 116 valence electrons. The van der Waals surface area contributed by atoms with Crippen molar-refractivity contribution in [1.82, 2.24) is 0 Å².